The molecule has 0 saturated carbocycles. The van der Waals surface area contributed by atoms with E-state index in [4.69, 9.17) is 9.84 Å². The third kappa shape index (κ3) is 2.01. The Balaban J connectivity index is 3.42. The van der Waals surface area contributed by atoms with Gasteiger partial charge in [-0.1, -0.05) is 0 Å². The van der Waals surface area contributed by atoms with Gasteiger partial charge in [0.15, 0.2) is 12.4 Å². The van der Waals surface area contributed by atoms with Gasteiger partial charge in [0, 0.05) is 0 Å². The first-order valence-electron chi connectivity index (χ1n) is 4.25. The lowest BCUT2D eigenvalue weighted by Crippen LogP contribution is -2.14. The number of ether oxygens (including phenoxy) is 1. The highest BCUT2D eigenvalue weighted by atomic mass is 19.1. The van der Waals surface area contributed by atoms with Crippen LogP contribution < -0.4 is 4.74 Å². The summed E-state index contributed by atoms with van der Waals surface area (Å²) < 4.78 is 18.3. The smallest absolute Gasteiger partial charge is 0.337 e. The number of carbonyl (C=O) groups is 2. The molecule has 0 heterocycles. The van der Waals surface area contributed by atoms with E-state index < -0.39 is 23.5 Å². The van der Waals surface area contributed by atoms with Gasteiger partial charge in [-0.25, -0.2) is 9.18 Å². The molecule has 1 atom stereocenters. The second-order valence-electron chi connectivity index (χ2n) is 2.94. The van der Waals surface area contributed by atoms with Gasteiger partial charge in [0.1, 0.15) is 11.6 Å². The molecule has 0 fully saturated rings. The predicted molar refractivity (Wildman–Crippen MR) is 50.9 cm³/mol. The quantitative estimate of drug-likeness (QED) is 0.743. The van der Waals surface area contributed by atoms with Crippen LogP contribution in [0.1, 0.15) is 22.0 Å². The maximum absolute atomic E-state index is 13.6. The van der Waals surface area contributed by atoms with E-state index in [-0.39, 0.29) is 17.6 Å². The summed E-state index contributed by atoms with van der Waals surface area (Å²) >= 11 is 0. The Morgan fingerprint density at radius 3 is 2.62 bits per heavy atom. The molecule has 0 radical (unpaired) electrons. The van der Waals surface area contributed by atoms with Gasteiger partial charge in [0.05, 0.1) is 18.2 Å². The highest BCUT2D eigenvalue weighted by molar-refractivity contribution is 5.80. The zero-order valence-corrected chi connectivity index (χ0v) is 8.31. The maximum atomic E-state index is 13.6. The zero-order valence-electron chi connectivity index (χ0n) is 8.31. The summed E-state index contributed by atoms with van der Waals surface area (Å²) in [6.07, 6.45) is -1.85. The van der Waals surface area contributed by atoms with Crippen molar-refractivity contribution in [2.75, 3.05) is 7.11 Å². The standard InChI is InChI=1S/C10H9FO5/c1-16-6-3-2-5(4-12)8(11)7(6)9(13)10(14)15/h2-4,9,13H,1H3,(H,14,15). The van der Waals surface area contributed by atoms with Crippen molar-refractivity contribution in [2.45, 2.75) is 6.10 Å². The van der Waals surface area contributed by atoms with E-state index in [1.807, 2.05) is 0 Å². The number of carbonyl (C=O) groups excluding carboxylic acids is 1. The topological polar surface area (TPSA) is 83.8 Å². The Morgan fingerprint density at radius 1 is 1.56 bits per heavy atom. The number of halogens is 1. The van der Waals surface area contributed by atoms with Crippen LogP contribution in [0.3, 0.4) is 0 Å². The number of rotatable bonds is 4. The minimum atomic E-state index is -2.07. The van der Waals surface area contributed by atoms with E-state index in [0.717, 1.165) is 6.07 Å². The van der Waals surface area contributed by atoms with Crippen molar-refractivity contribution >= 4 is 12.3 Å². The second kappa shape index (κ2) is 4.71. The highest BCUT2D eigenvalue weighted by Crippen LogP contribution is 2.29. The van der Waals surface area contributed by atoms with Gasteiger partial charge in [-0.3, -0.25) is 4.79 Å². The van der Waals surface area contributed by atoms with Gasteiger partial charge in [0.25, 0.3) is 0 Å². The SMILES string of the molecule is COc1ccc(C=O)c(F)c1C(O)C(=O)O. The Labute approximate surface area is 90.1 Å². The van der Waals surface area contributed by atoms with Crippen molar-refractivity contribution in [1.82, 2.24) is 0 Å². The highest BCUT2D eigenvalue weighted by Gasteiger charge is 2.26. The summed E-state index contributed by atoms with van der Waals surface area (Å²) in [5.41, 5.74) is -0.893. The monoisotopic (exact) mass is 228 g/mol. The van der Waals surface area contributed by atoms with Crippen molar-refractivity contribution in [3.8, 4) is 5.75 Å². The van der Waals surface area contributed by atoms with E-state index in [1.54, 1.807) is 0 Å². The molecule has 0 bridgehead atoms. The molecule has 0 spiro atoms. The molecule has 0 aromatic heterocycles. The Kier molecular flexibility index (Phi) is 3.57. The Morgan fingerprint density at radius 2 is 2.19 bits per heavy atom. The maximum Gasteiger partial charge on any atom is 0.337 e. The van der Waals surface area contributed by atoms with Crippen molar-refractivity contribution in [3.63, 3.8) is 0 Å². The molecule has 0 aliphatic rings. The predicted octanol–water partition coefficient (Wildman–Crippen LogP) is 0.765. The Hall–Kier alpha value is -1.95. The molecule has 0 aliphatic heterocycles. The lowest BCUT2D eigenvalue weighted by atomic mass is 10.0. The first-order valence-corrected chi connectivity index (χ1v) is 4.25. The summed E-state index contributed by atoms with van der Waals surface area (Å²) in [4.78, 5) is 21.0. The van der Waals surface area contributed by atoms with Crippen LogP contribution in [0.15, 0.2) is 12.1 Å². The summed E-state index contributed by atoms with van der Waals surface area (Å²) in [5.74, 6) is -2.84. The third-order valence-electron chi connectivity index (χ3n) is 2.02. The van der Waals surface area contributed by atoms with Crippen LogP contribution in [-0.2, 0) is 4.79 Å². The van der Waals surface area contributed by atoms with Crippen LogP contribution in [0.25, 0.3) is 0 Å². The number of carboxylic acids is 1. The number of carboxylic acid groups (broad SMARTS) is 1. The first-order chi connectivity index (χ1) is 7.52. The van der Waals surface area contributed by atoms with Gasteiger partial charge in [-0.2, -0.15) is 0 Å². The molecule has 1 rings (SSSR count). The van der Waals surface area contributed by atoms with Crippen LogP contribution in [0.5, 0.6) is 5.75 Å². The fourth-order valence-electron chi connectivity index (χ4n) is 1.24. The fraction of sp³-hybridized carbons (Fsp3) is 0.200. The number of aliphatic hydroxyl groups excluding tert-OH is 1. The van der Waals surface area contributed by atoms with Crippen LogP contribution in [-0.4, -0.2) is 29.6 Å². The number of methoxy groups -OCH3 is 1. The summed E-state index contributed by atoms with van der Waals surface area (Å²) in [7, 11) is 1.20. The van der Waals surface area contributed by atoms with Crippen LogP contribution in [0.2, 0.25) is 0 Å². The molecule has 5 nitrogen and oxygen atoms in total. The van der Waals surface area contributed by atoms with Gasteiger partial charge in [-0.05, 0) is 12.1 Å². The number of aldehydes is 1. The zero-order chi connectivity index (χ0) is 12.3. The van der Waals surface area contributed by atoms with Gasteiger partial charge >= 0.3 is 5.97 Å². The molecule has 2 N–H and O–H groups in total. The number of aliphatic carboxylic acids is 1. The molecule has 1 aromatic rings. The molecule has 86 valence electrons. The van der Waals surface area contributed by atoms with Crippen molar-refractivity contribution in [2.24, 2.45) is 0 Å². The normalized spacial score (nSPS) is 11.9. The molecule has 0 amide bonds. The molecule has 0 saturated heterocycles. The minimum absolute atomic E-state index is 0.127. The van der Waals surface area contributed by atoms with E-state index in [1.165, 1.54) is 13.2 Å². The first kappa shape index (κ1) is 12.1. The van der Waals surface area contributed by atoms with Crippen molar-refractivity contribution in [3.05, 3.63) is 29.1 Å². The number of aliphatic hydroxyl groups is 1. The number of hydrogen-bond donors (Lipinski definition) is 2. The van der Waals surface area contributed by atoms with Crippen molar-refractivity contribution in [1.29, 1.82) is 0 Å². The van der Waals surface area contributed by atoms with Gasteiger partial charge < -0.3 is 14.9 Å². The molecule has 16 heavy (non-hydrogen) atoms. The molecular weight excluding hydrogens is 219 g/mol. The van der Waals surface area contributed by atoms with Crippen LogP contribution >= 0.6 is 0 Å². The minimum Gasteiger partial charge on any atom is -0.496 e. The number of hydrogen-bond acceptors (Lipinski definition) is 4. The largest absolute Gasteiger partial charge is 0.496 e. The lowest BCUT2D eigenvalue weighted by Gasteiger charge is -2.13. The second-order valence-corrected chi connectivity index (χ2v) is 2.94. The van der Waals surface area contributed by atoms with E-state index >= 15 is 0 Å². The molecule has 6 heteroatoms. The molecule has 1 aromatic carbocycles. The van der Waals surface area contributed by atoms with Crippen LogP contribution in [0, 0.1) is 5.82 Å². The third-order valence-corrected chi connectivity index (χ3v) is 2.02. The van der Waals surface area contributed by atoms with Gasteiger partial charge in [-0.15, -0.1) is 0 Å². The molecular formula is C10H9FO5. The van der Waals surface area contributed by atoms with Crippen LogP contribution in [0.4, 0.5) is 4.39 Å². The summed E-state index contributed by atoms with van der Waals surface area (Å²) in [6, 6.07) is 2.35. The van der Waals surface area contributed by atoms with E-state index in [0.29, 0.717) is 0 Å². The van der Waals surface area contributed by atoms with Gasteiger partial charge in [0.2, 0.25) is 0 Å². The fourth-order valence-corrected chi connectivity index (χ4v) is 1.24. The summed E-state index contributed by atoms with van der Waals surface area (Å²) in [6.45, 7) is 0. The van der Waals surface area contributed by atoms with Crippen molar-refractivity contribution < 1.29 is 28.9 Å². The number of benzene rings is 1. The summed E-state index contributed by atoms with van der Waals surface area (Å²) in [5, 5.41) is 17.9. The average Bonchev–Trinajstić information content (AvgIpc) is 2.27. The lowest BCUT2D eigenvalue weighted by molar-refractivity contribution is -0.147. The molecule has 0 aliphatic carbocycles. The Bertz CT molecular complexity index is 429. The molecule has 1 unspecified atom stereocenters. The average molecular weight is 228 g/mol. The van der Waals surface area contributed by atoms with E-state index in [2.05, 4.69) is 0 Å². The van der Waals surface area contributed by atoms with E-state index in [9.17, 15) is 19.1 Å².